The number of alkyl halides is 3. The van der Waals surface area contributed by atoms with Gasteiger partial charge in [-0.3, -0.25) is 9.59 Å². The normalized spacial score (nSPS) is 11.2. The predicted octanol–water partition coefficient (Wildman–Crippen LogP) is 4.83. The van der Waals surface area contributed by atoms with E-state index in [2.05, 4.69) is 20.5 Å². The largest absolute Gasteiger partial charge is 0.493 e. The lowest BCUT2D eigenvalue weighted by Crippen LogP contribution is -2.25. The Kier molecular flexibility index (Phi) is 8.77. The van der Waals surface area contributed by atoms with Crippen LogP contribution in [0, 0.1) is 5.82 Å². The molecule has 208 valence electrons. The summed E-state index contributed by atoms with van der Waals surface area (Å²) in [7, 11) is 1.45. The van der Waals surface area contributed by atoms with Crippen LogP contribution in [-0.2, 0) is 30.5 Å². The molecule has 40 heavy (non-hydrogen) atoms. The van der Waals surface area contributed by atoms with Crippen molar-refractivity contribution in [1.82, 2.24) is 20.5 Å². The van der Waals surface area contributed by atoms with Crippen LogP contribution in [0.1, 0.15) is 28.8 Å². The van der Waals surface area contributed by atoms with E-state index in [1.807, 2.05) is 0 Å². The van der Waals surface area contributed by atoms with Crippen LogP contribution in [-0.4, -0.2) is 28.2 Å². The van der Waals surface area contributed by atoms with Gasteiger partial charge in [-0.15, -0.1) is 10.2 Å². The quantitative estimate of drug-likeness (QED) is 0.271. The molecular formula is C28H24F4N4O4. The first-order valence-corrected chi connectivity index (χ1v) is 12.1. The Labute approximate surface area is 226 Å². The molecule has 0 unspecified atom stereocenters. The van der Waals surface area contributed by atoms with Gasteiger partial charge in [0.15, 0.2) is 17.3 Å². The number of H-pyrrole nitrogens is 1. The van der Waals surface area contributed by atoms with Gasteiger partial charge in [0.2, 0.25) is 5.91 Å². The number of benzene rings is 3. The summed E-state index contributed by atoms with van der Waals surface area (Å²) in [5.41, 5.74) is 0.114. The molecule has 0 atom stereocenters. The van der Waals surface area contributed by atoms with E-state index in [9.17, 15) is 27.2 Å². The zero-order valence-electron chi connectivity index (χ0n) is 21.2. The second kappa shape index (κ2) is 12.4. The number of rotatable bonds is 10. The van der Waals surface area contributed by atoms with E-state index in [0.29, 0.717) is 28.2 Å². The summed E-state index contributed by atoms with van der Waals surface area (Å²) in [5, 5.41) is 10.5. The Morgan fingerprint density at radius 3 is 2.48 bits per heavy atom. The Hall–Kier alpha value is -4.74. The maximum absolute atomic E-state index is 13.4. The van der Waals surface area contributed by atoms with Crippen molar-refractivity contribution in [1.29, 1.82) is 0 Å². The topological polar surface area (TPSA) is 106 Å². The number of ether oxygens (including phenoxy) is 2. The van der Waals surface area contributed by atoms with Crippen molar-refractivity contribution in [2.45, 2.75) is 32.2 Å². The minimum atomic E-state index is -4.48. The first kappa shape index (κ1) is 28.3. The van der Waals surface area contributed by atoms with E-state index in [1.54, 1.807) is 30.3 Å². The molecule has 0 aliphatic rings. The number of aromatic nitrogens is 3. The van der Waals surface area contributed by atoms with Crippen LogP contribution in [0.5, 0.6) is 11.5 Å². The van der Waals surface area contributed by atoms with E-state index in [1.165, 1.54) is 31.4 Å². The third-order valence-corrected chi connectivity index (χ3v) is 5.82. The predicted molar refractivity (Wildman–Crippen MR) is 137 cm³/mol. The molecule has 0 aliphatic heterocycles. The number of nitrogens with one attached hydrogen (secondary N) is 2. The molecule has 0 saturated heterocycles. The molecule has 8 nitrogen and oxygen atoms in total. The lowest BCUT2D eigenvalue weighted by Gasteiger charge is -2.12. The summed E-state index contributed by atoms with van der Waals surface area (Å²) < 4.78 is 63.1. The molecule has 1 aromatic heterocycles. The van der Waals surface area contributed by atoms with Crippen molar-refractivity contribution >= 4 is 5.91 Å². The van der Waals surface area contributed by atoms with E-state index >= 15 is 0 Å². The summed E-state index contributed by atoms with van der Waals surface area (Å²) in [5.74, 6) is 0.0980. The number of carbonyl (C=O) groups excluding carboxylic acids is 1. The Bertz CT molecular complexity index is 1560. The molecule has 2 N–H and O–H groups in total. The lowest BCUT2D eigenvalue weighted by molar-refractivity contribution is -0.137. The average Bonchev–Trinajstić information content (AvgIpc) is 2.94. The van der Waals surface area contributed by atoms with Gasteiger partial charge < -0.3 is 19.8 Å². The fourth-order valence-corrected chi connectivity index (χ4v) is 3.75. The Morgan fingerprint density at radius 2 is 1.75 bits per heavy atom. The van der Waals surface area contributed by atoms with Crippen LogP contribution < -0.4 is 20.3 Å². The van der Waals surface area contributed by atoms with Crippen molar-refractivity contribution in [2.24, 2.45) is 0 Å². The van der Waals surface area contributed by atoms with Gasteiger partial charge in [-0.1, -0.05) is 24.3 Å². The highest BCUT2D eigenvalue weighted by Gasteiger charge is 2.30. The van der Waals surface area contributed by atoms with E-state index < -0.39 is 23.2 Å². The summed E-state index contributed by atoms with van der Waals surface area (Å²) in [6.07, 6.45) is -4.61. The first-order chi connectivity index (χ1) is 19.1. The number of methoxy groups -OCH3 is 1. The molecule has 4 aromatic rings. The molecule has 0 spiro atoms. The zero-order chi connectivity index (χ0) is 28.7. The number of halogens is 4. The van der Waals surface area contributed by atoms with Gasteiger partial charge in [0.05, 0.1) is 12.7 Å². The SMILES string of the molecule is COc1cc(-c2nnc(CCC(=O)NCc3cccc(C(F)(F)F)c3)c(=O)[nH]2)ccc1OCc1cccc(F)c1. The van der Waals surface area contributed by atoms with Crippen molar-refractivity contribution in [3.8, 4) is 22.9 Å². The van der Waals surface area contributed by atoms with E-state index in [0.717, 1.165) is 12.1 Å². The van der Waals surface area contributed by atoms with Crippen LogP contribution in [0.3, 0.4) is 0 Å². The molecule has 0 bridgehead atoms. The number of amides is 1. The van der Waals surface area contributed by atoms with Gasteiger partial charge in [0.25, 0.3) is 5.56 Å². The highest BCUT2D eigenvalue weighted by Crippen LogP contribution is 2.32. The molecule has 0 aliphatic carbocycles. The van der Waals surface area contributed by atoms with Gasteiger partial charge in [-0.05, 0) is 53.6 Å². The van der Waals surface area contributed by atoms with Gasteiger partial charge in [-0.2, -0.15) is 13.2 Å². The molecule has 4 rings (SSSR count). The van der Waals surface area contributed by atoms with Crippen LogP contribution in [0.15, 0.2) is 71.5 Å². The van der Waals surface area contributed by atoms with Gasteiger partial charge >= 0.3 is 6.18 Å². The lowest BCUT2D eigenvalue weighted by atomic mass is 10.1. The Morgan fingerprint density at radius 1 is 0.975 bits per heavy atom. The highest BCUT2D eigenvalue weighted by atomic mass is 19.4. The molecule has 12 heteroatoms. The third kappa shape index (κ3) is 7.43. The fraction of sp³-hybridized carbons (Fsp3) is 0.214. The van der Waals surface area contributed by atoms with Gasteiger partial charge in [0, 0.05) is 24.9 Å². The number of hydrogen-bond acceptors (Lipinski definition) is 6. The average molecular weight is 557 g/mol. The Balaban J connectivity index is 1.35. The summed E-state index contributed by atoms with van der Waals surface area (Å²) >= 11 is 0. The molecule has 3 aromatic carbocycles. The van der Waals surface area contributed by atoms with Crippen molar-refractivity contribution in [3.05, 3.63) is 105 Å². The smallest absolute Gasteiger partial charge is 0.416 e. The van der Waals surface area contributed by atoms with Crippen LogP contribution in [0.25, 0.3) is 11.4 Å². The standard InChI is InChI=1S/C28H24F4N4O4/c1-39-24-14-19(8-10-23(24)40-16-18-5-3-7-21(29)13-18)26-34-27(38)22(35-36-26)9-11-25(37)33-15-17-4-2-6-20(12-17)28(30,31)32/h2-8,10,12-14H,9,11,15-16H2,1H3,(H,33,37)(H,34,36,38). The zero-order valence-corrected chi connectivity index (χ0v) is 21.2. The molecule has 1 heterocycles. The number of hydrogen-bond donors (Lipinski definition) is 2. The van der Waals surface area contributed by atoms with Crippen molar-refractivity contribution in [3.63, 3.8) is 0 Å². The van der Waals surface area contributed by atoms with E-state index in [4.69, 9.17) is 9.47 Å². The maximum atomic E-state index is 13.4. The molecule has 0 fully saturated rings. The number of carbonyl (C=O) groups is 1. The fourth-order valence-electron chi connectivity index (χ4n) is 3.75. The second-order valence-electron chi connectivity index (χ2n) is 8.71. The molecule has 1 amide bonds. The number of aryl methyl sites for hydroxylation is 1. The van der Waals surface area contributed by atoms with E-state index in [-0.39, 0.29) is 43.3 Å². The molecular weight excluding hydrogens is 532 g/mol. The third-order valence-electron chi connectivity index (χ3n) is 5.82. The minimum absolute atomic E-state index is 0.0206. The summed E-state index contributed by atoms with van der Waals surface area (Å²) in [4.78, 5) is 27.4. The highest BCUT2D eigenvalue weighted by molar-refractivity contribution is 5.76. The summed E-state index contributed by atoms with van der Waals surface area (Å²) in [6, 6.07) is 15.5. The number of aromatic amines is 1. The maximum Gasteiger partial charge on any atom is 0.416 e. The first-order valence-electron chi connectivity index (χ1n) is 12.1. The van der Waals surface area contributed by atoms with Crippen molar-refractivity contribution < 1.29 is 31.8 Å². The van der Waals surface area contributed by atoms with Crippen LogP contribution in [0.2, 0.25) is 0 Å². The number of nitrogens with zero attached hydrogens (tertiary/aromatic N) is 2. The summed E-state index contributed by atoms with van der Waals surface area (Å²) in [6.45, 7) is 0.0276. The minimum Gasteiger partial charge on any atom is -0.493 e. The van der Waals surface area contributed by atoms with Gasteiger partial charge in [-0.25, -0.2) is 4.39 Å². The second-order valence-corrected chi connectivity index (χ2v) is 8.71. The van der Waals surface area contributed by atoms with Gasteiger partial charge in [0.1, 0.15) is 18.1 Å². The molecule has 0 radical (unpaired) electrons. The van der Waals surface area contributed by atoms with Crippen LogP contribution >= 0.6 is 0 Å². The molecule has 0 saturated carbocycles. The monoisotopic (exact) mass is 556 g/mol. The van der Waals surface area contributed by atoms with Crippen LogP contribution in [0.4, 0.5) is 17.6 Å². The van der Waals surface area contributed by atoms with Crippen molar-refractivity contribution in [2.75, 3.05) is 7.11 Å².